The van der Waals surface area contributed by atoms with E-state index in [9.17, 15) is 14.9 Å². The van der Waals surface area contributed by atoms with Crippen molar-refractivity contribution in [2.75, 3.05) is 12.8 Å². The minimum atomic E-state index is -0.672. The van der Waals surface area contributed by atoms with Crippen LogP contribution >= 0.6 is 11.3 Å². The van der Waals surface area contributed by atoms with Gasteiger partial charge < -0.3 is 15.2 Å². The van der Waals surface area contributed by atoms with Gasteiger partial charge in [0.05, 0.1) is 34.5 Å². The molecule has 2 aromatic carbocycles. The van der Waals surface area contributed by atoms with Crippen molar-refractivity contribution >= 4 is 28.7 Å². The smallest absolute Gasteiger partial charge is 0.340 e. The van der Waals surface area contributed by atoms with Crippen LogP contribution in [0.2, 0.25) is 0 Å². The van der Waals surface area contributed by atoms with Crippen molar-refractivity contribution < 1.29 is 19.2 Å². The Bertz CT molecular complexity index is 1000. The number of thiazole rings is 1. The maximum atomic E-state index is 12.2. The quantitative estimate of drug-likeness (QED) is 0.298. The predicted molar refractivity (Wildman–Crippen MR) is 101 cm³/mol. The van der Waals surface area contributed by atoms with Gasteiger partial charge in [-0.3, -0.25) is 10.1 Å². The van der Waals surface area contributed by atoms with Gasteiger partial charge in [0, 0.05) is 17.5 Å². The Morgan fingerprint density at radius 3 is 2.78 bits per heavy atom. The number of methoxy groups -OCH3 is 1. The average molecular weight is 385 g/mol. The van der Waals surface area contributed by atoms with Gasteiger partial charge in [0.25, 0.3) is 5.69 Å². The number of esters is 1. The average Bonchev–Trinajstić information content (AvgIpc) is 3.14. The van der Waals surface area contributed by atoms with Crippen molar-refractivity contribution in [3.63, 3.8) is 0 Å². The monoisotopic (exact) mass is 385 g/mol. The number of para-hydroxylation sites is 1. The maximum absolute atomic E-state index is 12.2. The van der Waals surface area contributed by atoms with Crippen LogP contribution in [0.15, 0.2) is 47.8 Å². The summed E-state index contributed by atoms with van der Waals surface area (Å²) in [5, 5.41) is 13.3. The van der Waals surface area contributed by atoms with Crippen LogP contribution in [0.4, 0.5) is 11.4 Å². The zero-order chi connectivity index (χ0) is 19.4. The second-order valence-electron chi connectivity index (χ2n) is 5.45. The van der Waals surface area contributed by atoms with Gasteiger partial charge >= 0.3 is 5.97 Å². The molecular formula is C18H15N3O5S. The van der Waals surface area contributed by atoms with Crippen molar-refractivity contribution in [2.45, 2.75) is 6.61 Å². The Labute approximate surface area is 158 Å². The number of hydrogen-bond acceptors (Lipinski definition) is 8. The van der Waals surface area contributed by atoms with Crippen LogP contribution in [0.1, 0.15) is 16.1 Å². The molecule has 27 heavy (non-hydrogen) atoms. The first-order valence-electron chi connectivity index (χ1n) is 7.78. The third kappa shape index (κ3) is 4.04. The van der Waals surface area contributed by atoms with E-state index in [0.717, 1.165) is 16.6 Å². The van der Waals surface area contributed by atoms with Gasteiger partial charge in [-0.2, -0.15) is 0 Å². The molecule has 0 radical (unpaired) electrons. The highest BCUT2D eigenvalue weighted by molar-refractivity contribution is 7.13. The molecule has 9 heteroatoms. The van der Waals surface area contributed by atoms with Crippen LogP contribution in [0.25, 0.3) is 10.6 Å². The molecule has 0 aliphatic heterocycles. The second-order valence-corrected chi connectivity index (χ2v) is 6.31. The lowest BCUT2D eigenvalue weighted by Crippen LogP contribution is -2.09. The van der Waals surface area contributed by atoms with Crippen LogP contribution in [-0.4, -0.2) is 23.0 Å². The van der Waals surface area contributed by atoms with Crippen LogP contribution in [0.5, 0.6) is 5.75 Å². The number of aromatic nitrogens is 1. The highest BCUT2D eigenvalue weighted by Gasteiger charge is 2.16. The summed E-state index contributed by atoms with van der Waals surface area (Å²) in [7, 11) is 1.59. The van der Waals surface area contributed by atoms with E-state index in [-0.39, 0.29) is 23.5 Å². The maximum Gasteiger partial charge on any atom is 0.340 e. The van der Waals surface area contributed by atoms with Crippen LogP contribution < -0.4 is 10.5 Å². The summed E-state index contributed by atoms with van der Waals surface area (Å²) in [4.78, 5) is 26.8. The molecule has 2 N–H and O–H groups in total. The molecule has 0 aliphatic rings. The molecule has 8 nitrogen and oxygen atoms in total. The van der Waals surface area contributed by atoms with Crippen molar-refractivity contribution in [3.05, 3.63) is 69.2 Å². The van der Waals surface area contributed by atoms with Gasteiger partial charge in [-0.1, -0.05) is 12.1 Å². The molecule has 0 unspecified atom stereocenters. The Morgan fingerprint density at radius 1 is 1.30 bits per heavy atom. The summed E-state index contributed by atoms with van der Waals surface area (Å²) in [6, 6.07) is 11.1. The molecule has 138 valence electrons. The number of nitro benzene ring substituents is 1. The fraction of sp³-hybridized carbons (Fsp3) is 0.111. The number of nitro groups is 1. The normalized spacial score (nSPS) is 10.4. The minimum Gasteiger partial charge on any atom is -0.496 e. The largest absolute Gasteiger partial charge is 0.496 e. The number of ether oxygens (including phenoxy) is 2. The minimum absolute atomic E-state index is 0.0119. The zero-order valence-electron chi connectivity index (χ0n) is 14.2. The number of nitrogens with two attached hydrogens (primary N) is 1. The van der Waals surface area contributed by atoms with E-state index in [2.05, 4.69) is 4.98 Å². The summed E-state index contributed by atoms with van der Waals surface area (Å²) in [6.07, 6.45) is 0. The van der Waals surface area contributed by atoms with Crippen molar-refractivity contribution in [3.8, 4) is 16.3 Å². The number of nitrogens with zero attached hydrogens (tertiary/aromatic N) is 2. The third-order valence-corrected chi connectivity index (χ3v) is 4.63. The lowest BCUT2D eigenvalue weighted by atomic mass is 10.1. The summed E-state index contributed by atoms with van der Waals surface area (Å²) in [5.41, 5.74) is 7.00. The van der Waals surface area contributed by atoms with E-state index < -0.39 is 10.9 Å². The first-order valence-corrected chi connectivity index (χ1v) is 8.66. The standard InChI is InChI=1S/C18H15N3O5S/c1-25-16-5-3-2-4-14(16)17-20-11(10-27-17)9-26-18(22)13-7-6-12(21(23)24)8-15(13)19/h2-8,10H,9,19H2,1H3. The van der Waals surface area contributed by atoms with Gasteiger partial charge in [0.1, 0.15) is 17.4 Å². The van der Waals surface area contributed by atoms with Gasteiger partial charge in [-0.05, 0) is 18.2 Å². The van der Waals surface area contributed by atoms with E-state index in [1.807, 2.05) is 24.3 Å². The molecule has 0 fully saturated rings. The van der Waals surface area contributed by atoms with Crippen molar-refractivity contribution in [2.24, 2.45) is 0 Å². The Morgan fingerprint density at radius 2 is 2.07 bits per heavy atom. The highest BCUT2D eigenvalue weighted by atomic mass is 32.1. The summed E-state index contributed by atoms with van der Waals surface area (Å²) < 4.78 is 10.5. The fourth-order valence-electron chi connectivity index (χ4n) is 2.39. The van der Waals surface area contributed by atoms with Gasteiger partial charge in [-0.15, -0.1) is 11.3 Å². The number of hydrogen-bond donors (Lipinski definition) is 1. The highest BCUT2D eigenvalue weighted by Crippen LogP contribution is 2.32. The zero-order valence-corrected chi connectivity index (χ0v) is 15.1. The molecule has 0 amide bonds. The van der Waals surface area contributed by atoms with Crippen LogP contribution in [-0.2, 0) is 11.3 Å². The number of benzene rings is 2. The Kier molecular flexibility index (Phi) is 5.32. The van der Waals surface area contributed by atoms with Crippen LogP contribution in [0, 0.1) is 10.1 Å². The van der Waals surface area contributed by atoms with Crippen molar-refractivity contribution in [1.29, 1.82) is 0 Å². The first kappa shape index (κ1) is 18.3. The Hall–Kier alpha value is -3.46. The summed E-state index contributed by atoms with van der Waals surface area (Å²) >= 11 is 1.41. The molecule has 0 bridgehead atoms. The number of nitrogen functional groups attached to an aromatic ring is 1. The lowest BCUT2D eigenvalue weighted by Gasteiger charge is -2.06. The predicted octanol–water partition coefficient (Wildman–Crippen LogP) is 3.67. The molecule has 0 saturated carbocycles. The fourth-order valence-corrected chi connectivity index (χ4v) is 3.22. The van der Waals surface area contributed by atoms with E-state index in [0.29, 0.717) is 11.4 Å². The number of rotatable bonds is 6. The van der Waals surface area contributed by atoms with E-state index >= 15 is 0 Å². The van der Waals surface area contributed by atoms with Crippen LogP contribution in [0.3, 0.4) is 0 Å². The van der Waals surface area contributed by atoms with Crippen molar-refractivity contribution in [1.82, 2.24) is 4.98 Å². The molecule has 0 saturated heterocycles. The van der Waals surface area contributed by atoms with Gasteiger partial charge in [0.2, 0.25) is 0 Å². The SMILES string of the molecule is COc1ccccc1-c1nc(COC(=O)c2ccc([N+](=O)[O-])cc2N)cs1. The third-order valence-electron chi connectivity index (χ3n) is 3.71. The number of non-ortho nitro benzene ring substituents is 1. The van der Waals surface area contributed by atoms with E-state index in [1.54, 1.807) is 12.5 Å². The molecule has 0 spiro atoms. The number of anilines is 1. The van der Waals surface area contributed by atoms with E-state index in [4.69, 9.17) is 15.2 Å². The molecule has 0 aliphatic carbocycles. The first-order chi connectivity index (χ1) is 13.0. The number of carbonyl (C=O) groups is 1. The molecule has 3 rings (SSSR count). The molecular weight excluding hydrogens is 370 g/mol. The molecule has 1 heterocycles. The molecule has 3 aromatic rings. The topological polar surface area (TPSA) is 118 Å². The lowest BCUT2D eigenvalue weighted by molar-refractivity contribution is -0.384. The second kappa shape index (κ2) is 7.83. The summed E-state index contributed by atoms with van der Waals surface area (Å²) in [6.45, 7) is -0.0408. The summed E-state index contributed by atoms with van der Waals surface area (Å²) in [5.74, 6) is 0.0308. The Balaban J connectivity index is 1.70. The molecule has 1 aromatic heterocycles. The van der Waals surface area contributed by atoms with Gasteiger partial charge in [-0.25, -0.2) is 9.78 Å². The number of carbonyl (C=O) groups excluding carboxylic acids is 1. The van der Waals surface area contributed by atoms with E-state index in [1.165, 1.54) is 23.5 Å². The van der Waals surface area contributed by atoms with Gasteiger partial charge in [0.15, 0.2) is 0 Å². The molecule has 0 atom stereocenters.